The van der Waals surface area contributed by atoms with Crippen molar-refractivity contribution in [1.29, 1.82) is 0 Å². The molecule has 0 aliphatic heterocycles. The van der Waals surface area contributed by atoms with Crippen LogP contribution in [0.15, 0.2) is 121 Å². The number of nitrogens with zero attached hydrogens (tertiary/aromatic N) is 1. The lowest BCUT2D eigenvalue weighted by molar-refractivity contribution is 0.288. The van der Waals surface area contributed by atoms with Gasteiger partial charge < -0.3 is 9.64 Å². The van der Waals surface area contributed by atoms with Crippen molar-refractivity contribution in [3.63, 3.8) is 0 Å². The zero-order valence-electron chi connectivity index (χ0n) is 32.6. The number of ether oxygens (including phenoxy) is 1. The molecule has 268 valence electrons. The molecule has 5 aromatic rings. The summed E-state index contributed by atoms with van der Waals surface area (Å²) in [5, 5.41) is 1.36. The van der Waals surface area contributed by atoms with Crippen LogP contribution in [0.5, 0.6) is 5.75 Å². The fourth-order valence-corrected chi connectivity index (χ4v) is 9.16. The van der Waals surface area contributed by atoms with E-state index in [0.717, 1.165) is 38.1 Å². The first kappa shape index (κ1) is 38.4. The molecule has 0 amide bonds. The molecule has 0 fully saturated rings. The minimum Gasteiger partial charge on any atom is -0.488 e. The largest absolute Gasteiger partial charge is 0.488 e. The van der Waals surface area contributed by atoms with Gasteiger partial charge in [0.25, 0.3) is 0 Å². The molecule has 2 atom stereocenters. The van der Waals surface area contributed by atoms with Crippen LogP contribution in [-0.2, 0) is 35.7 Å². The number of hydrogen-bond donors (Lipinski definition) is 0. The Bertz CT molecular complexity index is 1800. The van der Waals surface area contributed by atoms with Gasteiger partial charge in [0.1, 0.15) is 12.4 Å². The highest BCUT2D eigenvalue weighted by atomic mass is 31.1. The zero-order valence-corrected chi connectivity index (χ0v) is 33.6. The van der Waals surface area contributed by atoms with Gasteiger partial charge in [-0.2, -0.15) is 0 Å². The average molecular weight is 698 g/mol. The number of benzene rings is 5. The van der Waals surface area contributed by atoms with Gasteiger partial charge in [-0.3, -0.25) is 0 Å². The molecule has 0 aliphatic rings. The van der Waals surface area contributed by atoms with Crippen molar-refractivity contribution in [2.75, 3.05) is 4.90 Å². The molecule has 0 bridgehead atoms. The third-order valence-electron chi connectivity index (χ3n) is 10.2. The first-order chi connectivity index (χ1) is 24.3. The topological polar surface area (TPSA) is 12.5 Å². The summed E-state index contributed by atoms with van der Waals surface area (Å²) >= 11 is 0. The second-order valence-electron chi connectivity index (χ2n) is 16.3. The molecule has 2 unspecified atom stereocenters. The molecule has 5 rings (SSSR count). The van der Waals surface area contributed by atoms with E-state index in [9.17, 15) is 0 Å². The van der Waals surface area contributed by atoms with Crippen LogP contribution >= 0.6 is 8.58 Å². The second kappa shape index (κ2) is 16.6. The lowest BCUT2D eigenvalue weighted by Gasteiger charge is -2.40. The predicted octanol–water partition coefficient (Wildman–Crippen LogP) is 12.8. The second-order valence-corrected chi connectivity index (χ2v) is 18.0. The summed E-state index contributed by atoms with van der Waals surface area (Å²) in [6.45, 7) is 23.4. The molecule has 5 aromatic carbocycles. The predicted molar refractivity (Wildman–Crippen MR) is 223 cm³/mol. The van der Waals surface area contributed by atoms with Gasteiger partial charge >= 0.3 is 0 Å². The van der Waals surface area contributed by atoms with E-state index in [1.807, 2.05) is 0 Å². The molecule has 0 saturated heterocycles. The van der Waals surface area contributed by atoms with Gasteiger partial charge in [0, 0.05) is 35.1 Å². The Morgan fingerprint density at radius 1 is 0.608 bits per heavy atom. The van der Waals surface area contributed by atoms with Gasteiger partial charge in [-0.1, -0.05) is 186 Å². The maximum absolute atomic E-state index is 7.10. The van der Waals surface area contributed by atoms with E-state index in [0.29, 0.717) is 15.2 Å². The van der Waals surface area contributed by atoms with Crippen molar-refractivity contribution < 1.29 is 4.74 Å². The Morgan fingerprint density at radius 2 is 1.14 bits per heavy atom. The summed E-state index contributed by atoms with van der Waals surface area (Å²) in [4.78, 5) is 2.60. The Hall–Kier alpha value is -3.87. The van der Waals surface area contributed by atoms with Gasteiger partial charge in [-0.25, -0.2) is 0 Å². The maximum atomic E-state index is 7.10. The first-order valence-corrected chi connectivity index (χ1v) is 19.9. The number of aryl methyl sites for hydroxylation is 1. The molecule has 0 N–H and O–H groups in total. The van der Waals surface area contributed by atoms with Crippen LogP contribution in [0, 0.1) is 6.92 Å². The molecule has 0 radical (unpaired) electrons. The molecule has 0 saturated carbocycles. The van der Waals surface area contributed by atoms with Crippen molar-refractivity contribution in [1.82, 2.24) is 0 Å². The standard InChI is InChI=1S/C48H60NOP/c1-10-30-48(11-2,42-32-40(46(4,5)6)31-41(47(7,8)9)44(42)50-35-39-27-19-14-20-28-39)51-45-36(3)22-21-29-43(45)49(33-37-23-15-12-16-24-37)34-38-25-17-13-18-26-38/h12-29,31-32,51H,10-11,30,33-35H2,1-9H3. The fourth-order valence-electron chi connectivity index (χ4n) is 7.16. The zero-order chi connectivity index (χ0) is 36.6. The molecular formula is C48H60NOP. The third kappa shape index (κ3) is 9.52. The molecule has 0 spiro atoms. The van der Waals surface area contributed by atoms with Crippen LogP contribution in [0.3, 0.4) is 0 Å². The van der Waals surface area contributed by atoms with E-state index in [2.05, 4.69) is 189 Å². The van der Waals surface area contributed by atoms with Gasteiger partial charge in [-0.05, 0) is 69.8 Å². The molecular weight excluding hydrogens is 638 g/mol. The van der Waals surface area contributed by atoms with E-state index >= 15 is 0 Å². The quantitative estimate of drug-likeness (QED) is 0.107. The Balaban J connectivity index is 1.72. The van der Waals surface area contributed by atoms with E-state index < -0.39 is 0 Å². The highest BCUT2D eigenvalue weighted by Gasteiger charge is 2.38. The van der Waals surface area contributed by atoms with Crippen LogP contribution < -0.4 is 14.9 Å². The Kier molecular flexibility index (Phi) is 12.5. The molecule has 0 aliphatic carbocycles. The lowest BCUT2D eigenvalue weighted by Crippen LogP contribution is -2.31. The SMILES string of the molecule is CCCC(CC)(Pc1c(C)cccc1N(Cc1ccccc1)Cc1ccccc1)c1cc(C(C)(C)C)cc(C(C)(C)C)c1OCc1ccccc1. The van der Waals surface area contributed by atoms with Crippen molar-refractivity contribution in [3.8, 4) is 5.75 Å². The van der Waals surface area contributed by atoms with Crippen molar-refractivity contribution in [2.24, 2.45) is 0 Å². The molecule has 0 aromatic heterocycles. The van der Waals surface area contributed by atoms with Crippen LogP contribution in [0.1, 0.15) is 114 Å². The van der Waals surface area contributed by atoms with E-state index in [1.54, 1.807) is 0 Å². The minimum atomic E-state index is -0.103. The molecule has 3 heteroatoms. The van der Waals surface area contributed by atoms with Gasteiger partial charge in [-0.15, -0.1) is 0 Å². The fraction of sp³-hybridized carbons (Fsp3) is 0.375. The molecule has 2 nitrogen and oxygen atoms in total. The van der Waals surface area contributed by atoms with E-state index in [1.165, 1.54) is 49.9 Å². The Morgan fingerprint density at radius 3 is 1.63 bits per heavy atom. The number of anilines is 1. The monoisotopic (exact) mass is 697 g/mol. The number of rotatable bonds is 14. The van der Waals surface area contributed by atoms with Crippen molar-refractivity contribution in [2.45, 2.75) is 117 Å². The molecule has 0 heterocycles. The highest BCUT2D eigenvalue weighted by Crippen LogP contribution is 2.55. The van der Waals surface area contributed by atoms with Crippen LogP contribution in [0.25, 0.3) is 0 Å². The van der Waals surface area contributed by atoms with Crippen molar-refractivity contribution in [3.05, 3.63) is 160 Å². The summed E-state index contributed by atoms with van der Waals surface area (Å²) in [6.07, 6.45) is 3.22. The Labute approximate surface area is 311 Å². The summed E-state index contributed by atoms with van der Waals surface area (Å²) < 4.78 is 7.10. The van der Waals surface area contributed by atoms with Gasteiger partial charge in [0.2, 0.25) is 0 Å². The summed E-state index contributed by atoms with van der Waals surface area (Å²) in [7, 11) is 0.567. The minimum absolute atomic E-state index is 0.00247. The van der Waals surface area contributed by atoms with Gasteiger partial charge in [0.15, 0.2) is 0 Å². The van der Waals surface area contributed by atoms with Crippen LogP contribution in [0.4, 0.5) is 5.69 Å². The van der Waals surface area contributed by atoms with Crippen LogP contribution in [-0.4, -0.2) is 0 Å². The average Bonchev–Trinajstić information content (AvgIpc) is 3.11. The van der Waals surface area contributed by atoms with E-state index in [-0.39, 0.29) is 16.0 Å². The number of hydrogen-bond acceptors (Lipinski definition) is 2. The summed E-state index contributed by atoms with van der Waals surface area (Å²) in [5.41, 5.74) is 10.5. The lowest BCUT2D eigenvalue weighted by atomic mass is 9.76. The van der Waals surface area contributed by atoms with Crippen LogP contribution in [0.2, 0.25) is 0 Å². The normalized spacial score (nSPS) is 13.4. The van der Waals surface area contributed by atoms with E-state index in [4.69, 9.17) is 4.74 Å². The third-order valence-corrected chi connectivity index (χ3v) is 12.4. The first-order valence-electron chi connectivity index (χ1n) is 18.9. The molecule has 51 heavy (non-hydrogen) atoms. The summed E-state index contributed by atoms with van der Waals surface area (Å²) in [5.74, 6) is 1.09. The smallest absolute Gasteiger partial charge is 0.127 e. The van der Waals surface area contributed by atoms with Gasteiger partial charge in [0.05, 0.1) is 0 Å². The summed E-state index contributed by atoms with van der Waals surface area (Å²) in [6, 6.07) is 44.4. The maximum Gasteiger partial charge on any atom is 0.127 e. The highest BCUT2D eigenvalue weighted by molar-refractivity contribution is 7.49. The van der Waals surface area contributed by atoms with Crippen molar-refractivity contribution >= 4 is 19.6 Å².